The first kappa shape index (κ1) is 15.3. The zero-order valence-electron chi connectivity index (χ0n) is 13.0. The summed E-state index contributed by atoms with van der Waals surface area (Å²) in [4.78, 5) is 26.6. The number of carbonyl (C=O) groups is 2. The number of hydrogen-bond acceptors (Lipinski definition) is 2. The van der Waals surface area contributed by atoms with Crippen LogP contribution in [0.15, 0.2) is 0 Å². The Balaban J connectivity index is 2.16. The predicted octanol–water partition coefficient (Wildman–Crippen LogP) is 2.33. The van der Waals surface area contributed by atoms with Crippen LogP contribution in [0.3, 0.4) is 0 Å². The van der Waals surface area contributed by atoms with E-state index in [0.717, 1.165) is 12.8 Å². The molecule has 1 N–H and O–H groups in total. The molecule has 4 atom stereocenters. The van der Waals surface area contributed by atoms with Crippen LogP contribution in [-0.2, 0) is 9.59 Å². The fourth-order valence-electron chi connectivity index (χ4n) is 3.53. The summed E-state index contributed by atoms with van der Waals surface area (Å²) < 4.78 is 0. The van der Waals surface area contributed by atoms with Gasteiger partial charge in [-0.3, -0.25) is 9.59 Å². The minimum Gasteiger partial charge on any atom is -0.342 e. The largest absolute Gasteiger partial charge is 0.342 e. The maximum Gasteiger partial charge on any atom is 0.246 e. The molecule has 2 amide bonds. The number of carbonyl (C=O) groups excluding carboxylic acids is 2. The average molecular weight is 280 g/mol. The Morgan fingerprint density at radius 2 is 1.95 bits per heavy atom. The van der Waals surface area contributed by atoms with Gasteiger partial charge in [0.15, 0.2) is 0 Å². The standard InChI is InChI=1S/C16H28N2O2/c1-4-11(2)15-16(20)18(10-14(19)17-15)13-9-7-5-6-8-12(13)3/h11-13,15H,4-10H2,1-3H3,(H,17,19). The first-order chi connectivity index (χ1) is 9.54. The molecule has 4 heteroatoms. The van der Waals surface area contributed by atoms with Crippen molar-refractivity contribution in [3.8, 4) is 0 Å². The van der Waals surface area contributed by atoms with E-state index in [2.05, 4.69) is 19.2 Å². The fourth-order valence-corrected chi connectivity index (χ4v) is 3.53. The Hall–Kier alpha value is -1.06. The van der Waals surface area contributed by atoms with Gasteiger partial charge >= 0.3 is 0 Å². The lowest BCUT2D eigenvalue weighted by molar-refractivity contribution is -0.149. The van der Waals surface area contributed by atoms with Crippen molar-refractivity contribution in [3.63, 3.8) is 0 Å². The summed E-state index contributed by atoms with van der Waals surface area (Å²) in [5, 5.41) is 2.89. The summed E-state index contributed by atoms with van der Waals surface area (Å²) in [5.74, 6) is 0.851. The van der Waals surface area contributed by atoms with Crippen molar-refractivity contribution in [3.05, 3.63) is 0 Å². The van der Waals surface area contributed by atoms with Gasteiger partial charge in [-0.25, -0.2) is 0 Å². The molecular formula is C16H28N2O2. The van der Waals surface area contributed by atoms with Gasteiger partial charge in [0.05, 0.1) is 6.54 Å². The normalized spacial score (nSPS) is 33.5. The lowest BCUT2D eigenvalue weighted by atomic mass is 9.91. The Labute approximate surface area is 122 Å². The second-order valence-corrected chi connectivity index (χ2v) is 6.58. The molecule has 0 aromatic heterocycles. The van der Waals surface area contributed by atoms with Crippen LogP contribution in [-0.4, -0.2) is 35.3 Å². The summed E-state index contributed by atoms with van der Waals surface area (Å²) in [6.07, 6.45) is 6.81. The molecular weight excluding hydrogens is 252 g/mol. The molecule has 114 valence electrons. The van der Waals surface area contributed by atoms with Crippen LogP contribution in [0.5, 0.6) is 0 Å². The number of nitrogens with one attached hydrogen (secondary N) is 1. The predicted molar refractivity (Wildman–Crippen MR) is 79.1 cm³/mol. The number of nitrogens with zero attached hydrogens (tertiary/aromatic N) is 1. The molecule has 0 aromatic carbocycles. The molecule has 2 fully saturated rings. The van der Waals surface area contributed by atoms with E-state index in [4.69, 9.17) is 0 Å². The van der Waals surface area contributed by atoms with Gasteiger partial charge in [-0.15, -0.1) is 0 Å². The molecule has 0 radical (unpaired) electrons. The van der Waals surface area contributed by atoms with Crippen LogP contribution in [0.2, 0.25) is 0 Å². The molecule has 1 aliphatic heterocycles. The summed E-state index contributed by atoms with van der Waals surface area (Å²) in [6.45, 7) is 6.59. The van der Waals surface area contributed by atoms with Crippen molar-refractivity contribution in [1.29, 1.82) is 0 Å². The van der Waals surface area contributed by atoms with Gasteiger partial charge < -0.3 is 10.2 Å². The average Bonchev–Trinajstić information content (AvgIpc) is 2.65. The summed E-state index contributed by atoms with van der Waals surface area (Å²) in [5.41, 5.74) is 0. The highest BCUT2D eigenvalue weighted by Crippen LogP contribution is 2.29. The third-order valence-corrected chi connectivity index (χ3v) is 5.11. The molecule has 4 nitrogen and oxygen atoms in total. The van der Waals surface area contributed by atoms with Gasteiger partial charge in [-0.05, 0) is 24.7 Å². The van der Waals surface area contributed by atoms with Crippen LogP contribution in [0, 0.1) is 11.8 Å². The van der Waals surface area contributed by atoms with Crippen molar-refractivity contribution in [2.24, 2.45) is 11.8 Å². The highest BCUT2D eigenvalue weighted by atomic mass is 16.2. The lowest BCUT2D eigenvalue weighted by Gasteiger charge is -2.41. The highest BCUT2D eigenvalue weighted by molar-refractivity contribution is 5.95. The number of hydrogen-bond donors (Lipinski definition) is 1. The molecule has 20 heavy (non-hydrogen) atoms. The zero-order valence-corrected chi connectivity index (χ0v) is 13.0. The van der Waals surface area contributed by atoms with Gasteiger partial charge in [0.25, 0.3) is 0 Å². The van der Waals surface area contributed by atoms with Crippen LogP contribution in [0.4, 0.5) is 0 Å². The van der Waals surface area contributed by atoms with E-state index in [1.54, 1.807) is 0 Å². The Morgan fingerprint density at radius 1 is 1.25 bits per heavy atom. The smallest absolute Gasteiger partial charge is 0.246 e. The topological polar surface area (TPSA) is 49.4 Å². The second-order valence-electron chi connectivity index (χ2n) is 6.58. The van der Waals surface area contributed by atoms with Gasteiger partial charge in [0.2, 0.25) is 11.8 Å². The Kier molecular flexibility index (Phi) is 5.06. The molecule has 4 unspecified atom stereocenters. The first-order valence-electron chi connectivity index (χ1n) is 8.14. The lowest BCUT2D eigenvalue weighted by Crippen LogP contribution is -2.63. The van der Waals surface area contributed by atoms with Crippen LogP contribution in [0.25, 0.3) is 0 Å². The molecule has 2 rings (SSSR count). The van der Waals surface area contributed by atoms with E-state index in [9.17, 15) is 9.59 Å². The minimum atomic E-state index is -0.322. The number of amides is 2. The van der Waals surface area contributed by atoms with E-state index in [1.807, 2.05) is 11.8 Å². The number of piperazine rings is 1. The maximum atomic E-state index is 12.7. The van der Waals surface area contributed by atoms with Crippen molar-refractivity contribution >= 4 is 11.8 Å². The van der Waals surface area contributed by atoms with Crippen LogP contribution >= 0.6 is 0 Å². The fraction of sp³-hybridized carbons (Fsp3) is 0.875. The molecule has 1 heterocycles. The van der Waals surface area contributed by atoms with Gasteiger partial charge in [-0.2, -0.15) is 0 Å². The third-order valence-electron chi connectivity index (χ3n) is 5.11. The molecule has 0 aromatic rings. The van der Waals surface area contributed by atoms with Gasteiger partial charge in [0, 0.05) is 6.04 Å². The van der Waals surface area contributed by atoms with Crippen molar-refractivity contribution < 1.29 is 9.59 Å². The van der Waals surface area contributed by atoms with E-state index in [1.165, 1.54) is 25.7 Å². The Morgan fingerprint density at radius 3 is 2.65 bits per heavy atom. The highest BCUT2D eigenvalue weighted by Gasteiger charge is 2.40. The van der Waals surface area contributed by atoms with Crippen molar-refractivity contribution in [2.45, 2.75) is 71.4 Å². The van der Waals surface area contributed by atoms with E-state index < -0.39 is 0 Å². The van der Waals surface area contributed by atoms with Crippen LogP contribution < -0.4 is 5.32 Å². The Bertz CT molecular complexity index is 369. The number of rotatable bonds is 3. The molecule has 0 bridgehead atoms. The zero-order chi connectivity index (χ0) is 14.7. The van der Waals surface area contributed by atoms with Crippen molar-refractivity contribution in [1.82, 2.24) is 10.2 Å². The van der Waals surface area contributed by atoms with Crippen LogP contribution in [0.1, 0.15) is 59.3 Å². The molecule has 1 saturated carbocycles. The SMILES string of the molecule is CCC(C)C1NC(=O)CN(C2CCCCCC2C)C1=O. The molecule has 2 aliphatic rings. The van der Waals surface area contributed by atoms with E-state index in [-0.39, 0.29) is 36.4 Å². The summed E-state index contributed by atoms with van der Waals surface area (Å²) in [7, 11) is 0. The summed E-state index contributed by atoms with van der Waals surface area (Å²) >= 11 is 0. The van der Waals surface area contributed by atoms with E-state index in [0.29, 0.717) is 5.92 Å². The molecule has 1 saturated heterocycles. The van der Waals surface area contributed by atoms with Gasteiger partial charge in [-0.1, -0.05) is 46.5 Å². The minimum absolute atomic E-state index is 0.00588. The molecule has 1 aliphatic carbocycles. The second kappa shape index (κ2) is 6.59. The maximum absolute atomic E-state index is 12.7. The third kappa shape index (κ3) is 3.15. The van der Waals surface area contributed by atoms with Crippen molar-refractivity contribution in [2.75, 3.05) is 6.54 Å². The molecule has 0 spiro atoms. The monoisotopic (exact) mass is 280 g/mol. The quantitative estimate of drug-likeness (QED) is 0.807. The van der Waals surface area contributed by atoms with Gasteiger partial charge in [0.1, 0.15) is 6.04 Å². The first-order valence-corrected chi connectivity index (χ1v) is 8.14. The summed E-state index contributed by atoms with van der Waals surface area (Å²) in [6, 6.07) is -0.0701. The van der Waals surface area contributed by atoms with E-state index >= 15 is 0 Å².